The lowest BCUT2D eigenvalue weighted by Gasteiger charge is -2.17. The zero-order chi connectivity index (χ0) is 16.1. The van der Waals surface area contributed by atoms with Gasteiger partial charge in [0.15, 0.2) is 0 Å². The highest BCUT2D eigenvalue weighted by atomic mass is 35.5. The number of hydrogen-bond acceptors (Lipinski definition) is 2. The molecule has 0 saturated carbocycles. The molecule has 0 bridgehead atoms. The highest BCUT2D eigenvalue weighted by Crippen LogP contribution is 2.23. The van der Waals surface area contributed by atoms with Crippen molar-refractivity contribution >= 4 is 28.9 Å². The maximum atomic E-state index is 5.98. The molecular weight excluding hydrogens is 317 g/mol. The molecule has 2 nitrogen and oxygen atoms in total. The van der Waals surface area contributed by atoms with Crippen molar-refractivity contribution in [2.45, 2.75) is 32.8 Å². The van der Waals surface area contributed by atoms with Gasteiger partial charge in [0.05, 0.1) is 6.54 Å². The van der Waals surface area contributed by atoms with Gasteiger partial charge in [-0.3, -0.25) is 0 Å². The van der Waals surface area contributed by atoms with E-state index in [9.17, 15) is 0 Å². The molecule has 2 rings (SSSR count). The van der Waals surface area contributed by atoms with Gasteiger partial charge in [0, 0.05) is 15.7 Å². The van der Waals surface area contributed by atoms with Crippen molar-refractivity contribution in [1.29, 1.82) is 0 Å². The second-order valence-electron chi connectivity index (χ2n) is 5.69. The van der Waals surface area contributed by atoms with Crippen LogP contribution in [-0.2, 0) is 0 Å². The van der Waals surface area contributed by atoms with Gasteiger partial charge in [-0.15, -0.1) is 0 Å². The van der Waals surface area contributed by atoms with E-state index in [2.05, 4.69) is 31.3 Å². The van der Waals surface area contributed by atoms with Crippen LogP contribution in [0.5, 0.6) is 5.75 Å². The minimum atomic E-state index is 0.0302. The summed E-state index contributed by atoms with van der Waals surface area (Å²) in [7, 11) is 0. The lowest BCUT2D eigenvalue weighted by Crippen LogP contribution is -2.22. The Labute approximate surface area is 142 Å². The van der Waals surface area contributed by atoms with Crippen molar-refractivity contribution in [2.24, 2.45) is 0 Å². The Morgan fingerprint density at radius 3 is 2.09 bits per heavy atom. The first-order valence-corrected chi connectivity index (χ1v) is 8.16. The van der Waals surface area contributed by atoms with Crippen molar-refractivity contribution in [3.05, 3.63) is 58.1 Å². The van der Waals surface area contributed by atoms with Crippen molar-refractivity contribution in [2.75, 3.05) is 11.9 Å². The van der Waals surface area contributed by atoms with E-state index in [1.807, 2.05) is 31.2 Å². The van der Waals surface area contributed by atoms with Gasteiger partial charge in [0.1, 0.15) is 11.9 Å². The van der Waals surface area contributed by atoms with Crippen molar-refractivity contribution in [1.82, 2.24) is 0 Å². The molecule has 118 valence electrons. The fraction of sp³-hybridized carbons (Fsp3) is 0.333. The highest BCUT2D eigenvalue weighted by molar-refractivity contribution is 6.35. The lowest BCUT2D eigenvalue weighted by atomic mass is 10.0. The zero-order valence-corrected chi connectivity index (χ0v) is 14.6. The monoisotopic (exact) mass is 337 g/mol. The average Bonchev–Trinajstić information content (AvgIpc) is 2.45. The van der Waals surface area contributed by atoms with Crippen LogP contribution < -0.4 is 10.1 Å². The van der Waals surface area contributed by atoms with Crippen LogP contribution in [0.1, 0.15) is 32.3 Å². The molecule has 0 heterocycles. The van der Waals surface area contributed by atoms with Gasteiger partial charge in [-0.25, -0.2) is 0 Å². The Bertz CT molecular complexity index is 591. The summed E-state index contributed by atoms with van der Waals surface area (Å²) in [5, 5.41) is 4.52. The molecule has 2 aromatic carbocycles. The standard InChI is InChI=1S/C18H21Cl2NO/c1-12(2)14-4-6-18(7-5-14)22-13(3)11-21-17-9-15(19)8-16(20)10-17/h4-10,12-13,21H,11H2,1-3H3. The van der Waals surface area contributed by atoms with E-state index in [-0.39, 0.29) is 6.10 Å². The molecule has 0 aromatic heterocycles. The predicted molar refractivity (Wildman–Crippen MR) is 95.6 cm³/mol. The summed E-state index contributed by atoms with van der Waals surface area (Å²) in [6, 6.07) is 13.7. The van der Waals surface area contributed by atoms with Gasteiger partial charge >= 0.3 is 0 Å². The van der Waals surface area contributed by atoms with E-state index in [0.717, 1.165) is 11.4 Å². The predicted octanol–water partition coefficient (Wildman–Crippen LogP) is 6.00. The van der Waals surface area contributed by atoms with Crippen LogP contribution in [0, 0.1) is 0 Å². The highest BCUT2D eigenvalue weighted by Gasteiger charge is 2.06. The van der Waals surface area contributed by atoms with Crippen LogP contribution in [0.4, 0.5) is 5.69 Å². The molecule has 0 spiro atoms. The van der Waals surface area contributed by atoms with Gasteiger partial charge in [0.2, 0.25) is 0 Å². The molecule has 0 fully saturated rings. The summed E-state index contributed by atoms with van der Waals surface area (Å²) < 4.78 is 5.90. The Morgan fingerprint density at radius 2 is 1.55 bits per heavy atom. The number of ether oxygens (including phenoxy) is 1. The normalized spacial score (nSPS) is 12.3. The number of halogens is 2. The molecule has 0 radical (unpaired) electrons. The number of anilines is 1. The van der Waals surface area contributed by atoms with Crippen LogP contribution in [0.25, 0.3) is 0 Å². The second-order valence-corrected chi connectivity index (χ2v) is 6.56. The third-order valence-electron chi connectivity index (χ3n) is 3.34. The number of rotatable bonds is 6. The number of nitrogens with one attached hydrogen (secondary N) is 1. The van der Waals surface area contributed by atoms with Gasteiger partial charge in [-0.05, 0) is 48.7 Å². The fourth-order valence-electron chi connectivity index (χ4n) is 2.12. The lowest BCUT2D eigenvalue weighted by molar-refractivity contribution is 0.234. The molecule has 1 N–H and O–H groups in total. The van der Waals surface area contributed by atoms with E-state index < -0.39 is 0 Å². The molecule has 0 aliphatic carbocycles. The summed E-state index contributed by atoms with van der Waals surface area (Å²) in [5.74, 6) is 1.41. The molecular formula is C18H21Cl2NO. The summed E-state index contributed by atoms with van der Waals surface area (Å²) in [6.07, 6.45) is 0.0302. The average molecular weight is 338 g/mol. The number of benzene rings is 2. The molecule has 0 aliphatic heterocycles. The quantitative estimate of drug-likeness (QED) is 0.698. The topological polar surface area (TPSA) is 21.3 Å². The molecule has 2 aromatic rings. The van der Waals surface area contributed by atoms with E-state index in [4.69, 9.17) is 27.9 Å². The summed E-state index contributed by atoms with van der Waals surface area (Å²) in [5.41, 5.74) is 2.20. The molecule has 0 amide bonds. The first-order valence-electron chi connectivity index (χ1n) is 7.40. The number of hydrogen-bond donors (Lipinski definition) is 1. The third kappa shape index (κ3) is 5.11. The van der Waals surface area contributed by atoms with Gasteiger partial charge in [-0.1, -0.05) is 49.2 Å². The maximum absolute atomic E-state index is 5.98. The molecule has 0 aliphatic rings. The summed E-state index contributed by atoms with van der Waals surface area (Å²) >= 11 is 12.0. The van der Waals surface area contributed by atoms with Gasteiger partial charge < -0.3 is 10.1 Å². The maximum Gasteiger partial charge on any atom is 0.119 e. The van der Waals surface area contributed by atoms with Gasteiger partial charge in [-0.2, -0.15) is 0 Å². The van der Waals surface area contributed by atoms with E-state index in [1.54, 1.807) is 6.07 Å². The minimum absolute atomic E-state index is 0.0302. The molecule has 0 saturated heterocycles. The van der Waals surface area contributed by atoms with Gasteiger partial charge in [0.25, 0.3) is 0 Å². The van der Waals surface area contributed by atoms with Crippen molar-refractivity contribution in [3.8, 4) is 5.75 Å². The largest absolute Gasteiger partial charge is 0.489 e. The van der Waals surface area contributed by atoms with Crippen LogP contribution in [0.15, 0.2) is 42.5 Å². The fourth-order valence-corrected chi connectivity index (χ4v) is 2.65. The first kappa shape index (κ1) is 17.0. The van der Waals surface area contributed by atoms with Crippen LogP contribution in [-0.4, -0.2) is 12.6 Å². The second kappa shape index (κ2) is 7.75. The Balaban J connectivity index is 1.88. The first-order chi connectivity index (χ1) is 10.4. The Morgan fingerprint density at radius 1 is 0.955 bits per heavy atom. The Kier molecular flexibility index (Phi) is 5.98. The molecule has 1 atom stereocenters. The minimum Gasteiger partial charge on any atom is -0.489 e. The molecule has 1 unspecified atom stereocenters. The Hall–Kier alpha value is -1.38. The van der Waals surface area contributed by atoms with Crippen LogP contribution >= 0.6 is 23.2 Å². The molecule has 22 heavy (non-hydrogen) atoms. The van der Waals surface area contributed by atoms with Crippen molar-refractivity contribution in [3.63, 3.8) is 0 Å². The van der Waals surface area contributed by atoms with Crippen molar-refractivity contribution < 1.29 is 4.74 Å². The van der Waals surface area contributed by atoms with E-state index in [0.29, 0.717) is 22.5 Å². The van der Waals surface area contributed by atoms with Crippen LogP contribution in [0.2, 0.25) is 10.0 Å². The zero-order valence-electron chi connectivity index (χ0n) is 13.1. The smallest absolute Gasteiger partial charge is 0.119 e. The summed E-state index contributed by atoms with van der Waals surface area (Å²) in [6.45, 7) is 7.05. The van der Waals surface area contributed by atoms with Crippen LogP contribution in [0.3, 0.4) is 0 Å². The molecule has 4 heteroatoms. The third-order valence-corrected chi connectivity index (χ3v) is 3.78. The van der Waals surface area contributed by atoms with E-state index >= 15 is 0 Å². The SMILES string of the molecule is CC(CNc1cc(Cl)cc(Cl)c1)Oc1ccc(C(C)C)cc1. The summed E-state index contributed by atoms with van der Waals surface area (Å²) in [4.78, 5) is 0. The van der Waals surface area contributed by atoms with E-state index in [1.165, 1.54) is 5.56 Å².